The third-order valence-electron chi connectivity index (χ3n) is 2.51. The second-order valence-corrected chi connectivity index (χ2v) is 5.03. The Hall–Kier alpha value is -0.820. The predicted octanol–water partition coefficient (Wildman–Crippen LogP) is 2.26. The SMILES string of the molecule is O=C1OCCN1CCOCc1cccc(I)c1. The Kier molecular flexibility index (Phi) is 4.61. The Morgan fingerprint density at radius 2 is 2.35 bits per heavy atom. The average Bonchev–Trinajstić information content (AvgIpc) is 2.71. The van der Waals surface area contributed by atoms with E-state index in [1.807, 2.05) is 18.2 Å². The van der Waals surface area contributed by atoms with Crippen LogP contribution >= 0.6 is 22.6 Å². The Morgan fingerprint density at radius 3 is 3.06 bits per heavy atom. The third-order valence-corrected chi connectivity index (χ3v) is 3.18. The van der Waals surface area contributed by atoms with Crippen LogP contribution in [0.5, 0.6) is 0 Å². The Labute approximate surface area is 114 Å². The molecular weight excluding hydrogens is 333 g/mol. The van der Waals surface area contributed by atoms with Crippen LogP contribution in [0.2, 0.25) is 0 Å². The van der Waals surface area contributed by atoms with Crippen LogP contribution in [0.4, 0.5) is 4.79 Å². The summed E-state index contributed by atoms with van der Waals surface area (Å²) in [4.78, 5) is 12.8. The first-order valence-corrected chi connectivity index (χ1v) is 6.57. The molecule has 0 aliphatic carbocycles. The first-order valence-electron chi connectivity index (χ1n) is 5.49. The summed E-state index contributed by atoms with van der Waals surface area (Å²) in [6, 6.07) is 8.18. The number of hydrogen-bond acceptors (Lipinski definition) is 3. The monoisotopic (exact) mass is 347 g/mol. The van der Waals surface area contributed by atoms with Crippen LogP contribution in [0.25, 0.3) is 0 Å². The van der Waals surface area contributed by atoms with Gasteiger partial charge in [0.15, 0.2) is 0 Å². The summed E-state index contributed by atoms with van der Waals surface area (Å²) < 4.78 is 11.6. The van der Waals surface area contributed by atoms with E-state index in [1.54, 1.807) is 4.90 Å². The molecule has 1 saturated heterocycles. The minimum atomic E-state index is -0.233. The number of amides is 1. The van der Waals surface area contributed by atoms with Crippen molar-refractivity contribution in [2.75, 3.05) is 26.3 Å². The van der Waals surface area contributed by atoms with Gasteiger partial charge in [-0.2, -0.15) is 0 Å². The number of hydrogen-bond donors (Lipinski definition) is 0. The molecule has 0 N–H and O–H groups in total. The first-order chi connectivity index (χ1) is 8.25. The molecule has 2 rings (SSSR count). The molecule has 0 aromatic heterocycles. The molecular formula is C12H14INO3. The highest BCUT2D eigenvalue weighted by atomic mass is 127. The number of rotatable bonds is 5. The summed E-state index contributed by atoms with van der Waals surface area (Å²) >= 11 is 2.28. The summed E-state index contributed by atoms with van der Waals surface area (Å²) in [5.74, 6) is 0. The second-order valence-electron chi connectivity index (χ2n) is 3.78. The first kappa shape index (κ1) is 12.6. The fraction of sp³-hybridized carbons (Fsp3) is 0.417. The number of benzene rings is 1. The molecule has 1 aromatic carbocycles. The minimum Gasteiger partial charge on any atom is -0.448 e. The molecule has 1 aliphatic rings. The van der Waals surface area contributed by atoms with E-state index < -0.39 is 0 Å². The van der Waals surface area contributed by atoms with Crippen molar-refractivity contribution in [3.63, 3.8) is 0 Å². The van der Waals surface area contributed by atoms with E-state index in [0.717, 1.165) is 5.56 Å². The number of carbonyl (C=O) groups is 1. The van der Waals surface area contributed by atoms with E-state index in [9.17, 15) is 4.79 Å². The standard InChI is InChI=1S/C12H14INO3/c13-11-3-1-2-10(8-11)9-16-6-4-14-5-7-17-12(14)15/h1-3,8H,4-7,9H2. The van der Waals surface area contributed by atoms with E-state index in [1.165, 1.54) is 3.57 Å². The highest BCUT2D eigenvalue weighted by molar-refractivity contribution is 14.1. The maximum Gasteiger partial charge on any atom is 0.410 e. The lowest BCUT2D eigenvalue weighted by atomic mass is 10.2. The summed E-state index contributed by atoms with van der Waals surface area (Å²) in [5.41, 5.74) is 1.15. The number of ether oxygens (including phenoxy) is 2. The van der Waals surface area contributed by atoms with Crippen molar-refractivity contribution < 1.29 is 14.3 Å². The quantitative estimate of drug-likeness (QED) is 0.606. The Morgan fingerprint density at radius 1 is 1.47 bits per heavy atom. The van der Waals surface area contributed by atoms with Crippen LogP contribution in [0.15, 0.2) is 24.3 Å². The minimum absolute atomic E-state index is 0.233. The number of cyclic esters (lactones) is 1. The predicted molar refractivity (Wildman–Crippen MR) is 71.7 cm³/mol. The zero-order chi connectivity index (χ0) is 12.1. The molecule has 5 heteroatoms. The molecule has 4 nitrogen and oxygen atoms in total. The lowest BCUT2D eigenvalue weighted by Crippen LogP contribution is -2.28. The van der Waals surface area contributed by atoms with E-state index >= 15 is 0 Å². The number of nitrogens with zero attached hydrogens (tertiary/aromatic N) is 1. The molecule has 1 amide bonds. The van der Waals surface area contributed by atoms with Gasteiger partial charge in [-0.3, -0.25) is 0 Å². The molecule has 1 heterocycles. The highest BCUT2D eigenvalue weighted by Crippen LogP contribution is 2.09. The smallest absolute Gasteiger partial charge is 0.410 e. The van der Waals surface area contributed by atoms with Crippen LogP contribution < -0.4 is 0 Å². The van der Waals surface area contributed by atoms with Crippen molar-refractivity contribution in [3.8, 4) is 0 Å². The summed E-state index contributed by atoms with van der Waals surface area (Å²) in [6.07, 6.45) is -0.233. The molecule has 92 valence electrons. The van der Waals surface area contributed by atoms with Crippen molar-refractivity contribution in [1.82, 2.24) is 4.90 Å². The van der Waals surface area contributed by atoms with E-state index in [0.29, 0.717) is 32.9 Å². The maximum absolute atomic E-state index is 11.1. The maximum atomic E-state index is 11.1. The van der Waals surface area contributed by atoms with Crippen LogP contribution in [0, 0.1) is 3.57 Å². The van der Waals surface area contributed by atoms with Gasteiger partial charge in [-0.1, -0.05) is 12.1 Å². The van der Waals surface area contributed by atoms with Crippen LogP contribution in [0.3, 0.4) is 0 Å². The van der Waals surface area contributed by atoms with Crippen molar-refractivity contribution in [3.05, 3.63) is 33.4 Å². The van der Waals surface area contributed by atoms with E-state index in [4.69, 9.17) is 9.47 Å². The zero-order valence-corrected chi connectivity index (χ0v) is 11.6. The van der Waals surface area contributed by atoms with Gasteiger partial charge in [0, 0.05) is 10.1 Å². The van der Waals surface area contributed by atoms with Gasteiger partial charge in [-0.25, -0.2) is 4.79 Å². The molecule has 0 saturated carbocycles. The van der Waals surface area contributed by atoms with Gasteiger partial charge >= 0.3 is 6.09 Å². The topological polar surface area (TPSA) is 38.8 Å². The largest absolute Gasteiger partial charge is 0.448 e. The lowest BCUT2D eigenvalue weighted by molar-refractivity contribution is 0.0991. The fourth-order valence-electron chi connectivity index (χ4n) is 1.62. The molecule has 0 radical (unpaired) electrons. The molecule has 0 atom stereocenters. The van der Waals surface area contributed by atoms with Gasteiger partial charge < -0.3 is 14.4 Å². The average molecular weight is 347 g/mol. The van der Waals surface area contributed by atoms with Crippen molar-refractivity contribution >= 4 is 28.7 Å². The van der Waals surface area contributed by atoms with Crippen LogP contribution in [-0.4, -0.2) is 37.3 Å². The number of halogens is 1. The van der Waals surface area contributed by atoms with Crippen LogP contribution in [-0.2, 0) is 16.1 Å². The van der Waals surface area contributed by atoms with Gasteiger partial charge in [0.05, 0.1) is 19.8 Å². The van der Waals surface area contributed by atoms with Crippen LogP contribution in [0.1, 0.15) is 5.56 Å². The van der Waals surface area contributed by atoms with E-state index in [2.05, 4.69) is 28.7 Å². The van der Waals surface area contributed by atoms with Gasteiger partial charge in [-0.15, -0.1) is 0 Å². The van der Waals surface area contributed by atoms with Gasteiger partial charge in [0.1, 0.15) is 6.61 Å². The third kappa shape index (κ3) is 3.85. The van der Waals surface area contributed by atoms with Crippen molar-refractivity contribution in [2.24, 2.45) is 0 Å². The van der Waals surface area contributed by atoms with Crippen molar-refractivity contribution in [1.29, 1.82) is 0 Å². The molecule has 1 fully saturated rings. The fourth-order valence-corrected chi connectivity index (χ4v) is 2.23. The number of carbonyl (C=O) groups excluding carboxylic acids is 1. The molecule has 0 spiro atoms. The summed E-state index contributed by atoms with van der Waals surface area (Å²) in [5, 5.41) is 0. The Bertz CT molecular complexity index is 397. The van der Waals surface area contributed by atoms with Gasteiger partial charge in [-0.05, 0) is 40.3 Å². The Balaban J connectivity index is 1.68. The molecule has 1 aliphatic heterocycles. The summed E-state index contributed by atoms with van der Waals surface area (Å²) in [7, 11) is 0. The normalized spacial score (nSPS) is 15.1. The zero-order valence-electron chi connectivity index (χ0n) is 9.39. The molecule has 0 unspecified atom stereocenters. The second kappa shape index (κ2) is 6.20. The molecule has 1 aromatic rings. The molecule has 17 heavy (non-hydrogen) atoms. The highest BCUT2D eigenvalue weighted by Gasteiger charge is 2.20. The molecule has 0 bridgehead atoms. The summed E-state index contributed by atoms with van der Waals surface area (Å²) in [6.45, 7) is 2.89. The van der Waals surface area contributed by atoms with Crippen molar-refractivity contribution in [2.45, 2.75) is 6.61 Å². The van der Waals surface area contributed by atoms with Gasteiger partial charge in [0.2, 0.25) is 0 Å². The van der Waals surface area contributed by atoms with Gasteiger partial charge in [0.25, 0.3) is 0 Å². The lowest BCUT2D eigenvalue weighted by Gasteiger charge is -2.12. The van der Waals surface area contributed by atoms with E-state index in [-0.39, 0.29) is 6.09 Å².